The first kappa shape index (κ1) is 17.7. The summed E-state index contributed by atoms with van der Waals surface area (Å²) in [7, 11) is 0. The van der Waals surface area contributed by atoms with Crippen LogP contribution in [0.2, 0.25) is 0 Å². The molecule has 1 unspecified atom stereocenters. The number of carbonyl (C=O) groups excluding carboxylic acids is 1. The van der Waals surface area contributed by atoms with Crippen LogP contribution in [0.25, 0.3) is 0 Å². The van der Waals surface area contributed by atoms with E-state index in [4.69, 9.17) is 15.2 Å². The zero-order valence-corrected chi connectivity index (χ0v) is 15.3. The third-order valence-electron chi connectivity index (χ3n) is 3.96. The number of hydrogen-bond acceptors (Lipinski definition) is 6. The molecule has 1 aromatic heterocycles. The zero-order chi connectivity index (χ0) is 17.8. The molecular weight excluding hydrogens is 338 g/mol. The Hall–Kier alpha value is -2.12. The summed E-state index contributed by atoms with van der Waals surface area (Å²) >= 11 is 1.46. The van der Waals surface area contributed by atoms with Crippen molar-refractivity contribution in [2.24, 2.45) is 5.73 Å². The van der Waals surface area contributed by atoms with Gasteiger partial charge < -0.3 is 20.5 Å². The maximum Gasteiger partial charge on any atom is 0.271 e. The van der Waals surface area contributed by atoms with Crippen LogP contribution in [0.4, 0.5) is 0 Å². The molecule has 1 atom stereocenters. The molecule has 0 fully saturated rings. The van der Waals surface area contributed by atoms with E-state index < -0.39 is 0 Å². The number of hydrogen-bond donors (Lipinski definition) is 2. The van der Waals surface area contributed by atoms with Crippen LogP contribution in [0, 0.1) is 0 Å². The summed E-state index contributed by atoms with van der Waals surface area (Å²) in [6.07, 6.45) is 1.74. The van der Waals surface area contributed by atoms with Gasteiger partial charge in [0.2, 0.25) is 0 Å². The number of nitrogens with zero attached hydrogens (tertiary/aromatic N) is 1. The minimum atomic E-state index is -0.197. The number of amides is 1. The summed E-state index contributed by atoms with van der Waals surface area (Å²) in [4.78, 5) is 16.6. The molecule has 25 heavy (non-hydrogen) atoms. The number of ether oxygens (including phenoxy) is 2. The lowest BCUT2D eigenvalue weighted by Crippen LogP contribution is -2.23. The molecule has 1 aliphatic heterocycles. The first-order valence-electron chi connectivity index (χ1n) is 8.48. The van der Waals surface area contributed by atoms with Crippen LogP contribution in [-0.4, -0.2) is 30.1 Å². The highest BCUT2D eigenvalue weighted by Gasteiger charge is 2.22. The van der Waals surface area contributed by atoms with Crippen LogP contribution in [-0.2, 0) is 19.4 Å². The van der Waals surface area contributed by atoms with Gasteiger partial charge in [-0.2, -0.15) is 0 Å². The Morgan fingerprint density at radius 1 is 1.52 bits per heavy atom. The van der Waals surface area contributed by atoms with E-state index in [1.807, 2.05) is 26.0 Å². The van der Waals surface area contributed by atoms with Crippen molar-refractivity contribution in [2.45, 2.75) is 39.3 Å². The van der Waals surface area contributed by atoms with E-state index in [-0.39, 0.29) is 12.0 Å². The van der Waals surface area contributed by atoms with E-state index in [9.17, 15) is 4.79 Å². The predicted molar refractivity (Wildman–Crippen MR) is 97.4 cm³/mol. The Bertz CT molecular complexity index is 760. The summed E-state index contributed by atoms with van der Waals surface area (Å²) < 4.78 is 11.5. The van der Waals surface area contributed by atoms with Gasteiger partial charge in [0.1, 0.15) is 23.3 Å². The van der Waals surface area contributed by atoms with Crippen molar-refractivity contribution in [1.29, 1.82) is 0 Å². The molecule has 7 heteroatoms. The van der Waals surface area contributed by atoms with Crippen molar-refractivity contribution < 1.29 is 14.3 Å². The van der Waals surface area contributed by atoms with E-state index in [1.54, 1.807) is 5.38 Å². The van der Waals surface area contributed by atoms with Gasteiger partial charge in [0, 0.05) is 35.9 Å². The number of carbonyl (C=O) groups is 1. The van der Waals surface area contributed by atoms with Crippen molar-refractivity contribution >= 4 is 17.2 Å². The first-order chi connectivity index (χ1) is 12.1. The molecule has 0 saturated carbocycles. The normalized spacial score (nSPS) is 15.6. The number of benzene rings is 1. The maximum atomic E-state index is 12.3. The number of rotatable bonds is 7. The van der Waals surface area contributed by atoms with Gasteiger partial charge in [-0.1, -0.05) is 0 Å². The van der Waals surface area contributed by atoms with E-state index in [2.05, 4.69) is 10.3 Å². The van der Waals surface area contributed by atoms with Crippen molar-refractivity contribution in [3.63, 3.8) is 0 Å². The topological polar surface area (TPSA) is 86.5 Å². The highest BCUT2D eigenvalue weighted by Crippen LogP contribution is 2.35. The standard InChI is InChI=1S/C18H23N3O3S/c1-3-23-15-7-12-6-11(2)24-16(12)8-13(15)9-20-18(22)14-10-25-17(21-14)4-5-19/h7-8,10-11H,3-6,9,19H2,1-2H3,(H,20,22). The van der Waals surface area contributed by atoms with Gasteiger partial charge in [-0.05, 0) is 32.5 Å². The SMILES string of the molecule is CCOc1cc2c(cc1CNC(=O)c1csc(CCN)n1)OC(C)C2. The van der Waals surface area contributed by atoms with Crippen LogP contribution in [0.3, 0.4) is 0 Å². The number of aromatic nitrogens is 1. The smallest absolute Gasteiger partial charge is 0.271 e. The number of fused-ring (bicyclic) bond motifs is 1. The third kappa shape index (κ3) is 4.11. The van der Waals surface area contributed by atoms with Crippen LogP contribution in [0.1, 0.15) is 40.5 Å². The molecule has 3 N–H and O–H groups in total. The van der Waals surface area contributed by atoms with Gasteiger partial charge in [0.25, 0.3) is 5.91 Å². The van der Waals surface area contributed by atoms with E-state index >= 15 is 0 Å². The van der Waals surface area contributed by atoms with Crippen LogP contribution >= 0.6 is 11.3 Å². The largest absolute Gasteiger partial charge is 0.494 e. The predicted octanol–water partition coefficient (Wildman–Crippen LogP) is 2.30. The van der Waals surface area contributed by atoms with Gasteiger partial charge in [-0.3, -0.25) is 4.79 Å². The van der Waals surface area contributed by atoms with Gasteiger partial charge in [-0.15, -0.1) is 11.3 Å². The average Bonchev–Trinajstić information content (AvgIpc) is 3.18. The minimum absolute atomic E-state index is 0.172. The Balaban J connectivity index is 1.71. The van der Waals surface area contributed by atoms with Gasteiger partial charge >= 0.3 is 0 Å². The number of nitrogens with one attached hydrogen (secondary N) is 1. The lowest BCUT2D eigenvalue weighted by atomic mass is 10.1. The molecule has 0 aliphatic carbocycles. The first-order valence-corrected chi connectivity index (χ1v) is 9.36. The summed E-state index contributed by atoms with van der Waals surface area (Å²) in [5.41, 5.74) is 8.00. The quantitative estimate of drug-likeness (QED) is 0.790. The molecule has 0 bridgehead atoms. The summed E-state index contributed by atoms with van der Waals surface area (Å²) in [6.45, 7) is 5.46. The Morgan fingerprint density at radius 2 is 2.36 bits per heavy atom. The highest BCUT2D eigenvalue weighted by molar-refractivity contribution is 7.09. The molecule has 2 aromatic rings. The second-order valence-electron chi connectivity index (χ2n) is 5.98. The van der Waals surface area contributed by atoms with Gasteiger partial charge in [-0.25, -0.2) is 4.98 Å². The Labute approximate surface area is 151 Å². The lowest BCUT2D eigenvalue weighted by Gasteiger charge is -2.13. The molecule has 3 rings (SSSR count). The van der Waals surface area contributed by atoms with Crippen LogP contribution < -0.4 is 20.5 Å². The highest BCUT2D eigenvalue weighted by atomic mass is 32.1. The fourth-order valence-electron chi connectivity index (χ4n) is 2.83. The number of thiazole rings is 1. The molecule has 0 radical (unpaired) electrons. The molecule has 134 valence electrons. The third-order valence-corrected chi connectivity index (χ3v) is 4.87. The molecule has 2 heterocycles. The Morgan fingerprint density at radius 3 is 3.12 bits per heavy atom. The minimum Gasteiger partial charge on any atom is -0.494 e. The average molecular weight is 361 g/mol. The van der Waals surface area contributed by atoms with Crippen molar-refractivity contribution in [2.75, 3.05) is 13.2 Å². The van der Waals surface area contributed by atoms with E-state index in [1.165, 1.54) is 11.3 Å². The summed E-state index contributed by atoms with van der Waals surface area (Å²) in [6, 6.07) is 3.98. The monoisotopic (exact) mass is 361 g/mol. The Kier molecular flexibility index (Phi) is 5.55. The molecular formula is C18H23N3O3S. The summed E-state index contributed by atoms with van der Waals surface area (Å²) in [5.74, 6) is 1.47. The maximum absolute atomic E-state index is 12.3. The van der Waals surface area contributed by atoms with Crippen LogP contribution in [0.5, 0.6) is 11.5 Å². The van der Waals surface area contributed by atoms with Crippen molar-refractivity contribution in [3.05, 3.63) is 39.3 Å². The molecule has 1 amide bonds. The molecule has 0 spiro atoms. The molecule has 6 nitrogen and oxygen atoms in total. The van der Waals surface area contributed by atoms with E-state index in [0.717, 1.165) is 34.1 Å². The molecule has 1 aromatic carbocycles. The fourth-order valence-corrected chi connectivity index (χ4v) is 3.62. The fraction of sp³-hybridized carbons (Fsp3) is 0.444. The second kappa shape index (κ2) is 7.84. The molecule has 1 aliphatic rings. The lowest BCUT2D eigenvalue weighted by molar-refractivity contribution is 0.0946. The zero-order valence-electron chi connectivity index (χ0n) is 14.5. The second-order valence-corrected chi connectivity index (χ2v) is 6.92. The van der Waals surface area contributed by atoms with Crippen molar-refractivity contribution in [3.8, 4) is 11.5 Å². The van der Waals surface area contributed by atoms with Crippen LogP contribution in [0.15, 0.2) is 17.5 Å². The van der Waals surface area contributed by atoms with E-state index in [0.29, 0.717) is 31.8 Å². The summed E-state index contributed by atoms with van der Waals surface area (Å²) in [5, 5.41) is 5.55. The van der Waals surface area contributed by atoms with Crippen molar-refractivity contribution in [1.82, 2.24) is 10.3 Å². The number of nitrogens with two attached hydrogens (primary N) is 1. The molecule has 0 saturated heterocycles. The van der Waals surface area contributed by atoms with Gasteiger partial charge in [0.15, 0.2) is 0 Å². The van der Waals surface area contributed by atoms with Gasteiger partial charge in [0.05, 0.1) is 11.6 Å².